The molecule has 1 amide bonds. The minimum Gasteiger partial charge on any atom is -0.448 e. The van der Waals surface area contributed by atoms with E-state index in [4.69, 9.17) is 15.3 Å². The van der Waals surface area contributed by atoms with Gasteiger partial charge in [-0.3, -0.25) is 4.84 Å². The lowest BCUT2D eigenvalue weighted by molar-refractivity contribution is -0.166. The van der Waals surface area contributed by atoms with Gasteiger partial charge in [-0.2, -0.15) is 5.06 Å². The molecule has 0 unspecified atom stereocenters. The van der Waals surface area contributed by atoms with Gasteiger partial charge in [0, 0.05) is 6.54 Å². The van der Waals surface area contributed by atoms with Crippen molar-refractivity contribution in [3.8, 4) is 0 Å². The van der Waals surface area contributed by atoms with Crippen molar-refractivity contribution in [3.63, 3.8) is 0 Å². The highest BCUT2D eigenvalue weighted by atomic mass is 16.7. The SMILES string of the molecule is NC(=O)OCCN1Cc2ccccc2CCO1. The number of hydrogen-bond donors (Lipinski definition) is 1. The summed E-state index contributed by atoms with van der Waals surface area (Å²) in [6.45, 7) is 2.13. The number of carbonyl (C=O) groups excluding carboxylic acids is 1. The van der Waals surface area contributed by atoms with Gasteiger partial charge in [0.1, 0.15) is 6.61 Å². The summed E-state index contributed by atoms with van der Waals surface area (Å²) in [6.07, 6.45) is 0.156. The molecule has 0 atom stereocenters. The molecule has 5 heteroatoms. The maximum Gasteiger partial charge on any atom is 0.404 e. The number of nitrogens with zero attached hydrogens (tertiary/aromatic N) is 1. The largest absolute Gasteiger partial charge is 0.448 e. The van der Waals surface area contributed by atoms with E-state index in [-0.39, 0.29) is 6.61 Å². The molecule has 1 aliphatic heterocycles. The van der Waals surface area contributed by atoms with Gasteiger partial charge in [-0.1, -0.05) is 24.3 Å². The lowest BCUT2D eigenvalue weighted by atomic mass is 10.1. The van der Waals surface area contributed by atoms with Crippen LogP contribution in [0.25, 0.3) is 0 Å². The van der Waals surface area contributed by atoms with Gasteiger partial charge in [0.25, 0.3) is 0 Å². The van der Waals surface area contributed by atoms with Crippen molar-refractivity contribution in [2.75, 3.05) is 19.8 Å². The summed E-state index contributed by atoms with van der Waals surface area (Å²) in [5.74, 6) is 0. The van der Waals surface area contributed by atoms with Crippen LogP contribution < -0.4 is 5.73 Å². The molecule has 0 radical (unpaired) electrons. The van der Waals surface area contributed by atoms with E-state index in [1.807, 2.05) is 12.1 Å². The first-order valence-electron chi connectivity index (χ1n) is 5.62. The average molecular weight is 236 g/mol. The molecule has 0 saturated carbocycles. The Morgan fingerprint density at radius 3 is 2.94 bits per heavy atom. The summed E-state index contributed by atoms with van der Waals surface area (Å²) >= 11 is 0. The first-order valence-corrected chi connectivity index (χ1v) is 5.62. The van der Waals surface area contributed by atoms with Gasteiger partial charge >= 0.3 is 6.09 Å². The van der Waals surface area contributed by atoms with Crippen molar-refractivity contribution < 1.29 is 14.4 Å². The number of carbonyl (C=O) groups is 1. The fourth-order valence-corrected chi connectivity index (χ4v) is 1.87. The molecule has 0 aliphatic carbocycles. The Morgan fingerprint density at radius 1 is 1.41 bits per heavy atom. The van der Waals surface area contributed by atoms with E-state index in [2.05, 4.69) is 12.1 Å². The zero-order valence-electron chi connectivity index (χ0n) is 9.59. The molecule has 1 heterocycles. The minimum absolute atomic E-state index is 0.248. The molecule has 0 saturated heterocycles. The van der Waals surface area contributed by atoms with Crippen LogP contribution in [0.5, 0.6) is 0 Å². The molecule has 0 spiro atoms. The van der Waals surface area contributed by atoms with Gasteiger partial charge in [0.2, 0.25) is 0 Å². The second-order valence-corrected chi connectivity index (χ2v) is 3.88. The van der Waals surface area contributed by atoms with Crippen LogP contribution in [-0.4, -0.2) is 30.9 Å². The van der Waals surface area contributed by atoms with Gasteiger partial charge in [-0.05, 0) is 17.5 Å². The van der Waals surface area contributed by atoms with E-state index in [1.54, 1.807) is 5.06 Å². The van der Waals surface area contributed by atoms with Crippen molar-refractivity contribution in [2.24, 2.45) is 5.73 Å². The quantitative estimate of drug-likeness (QED) is 0.852. The number of benzene rings is 1. The van der Waals surface area contributed by atoms with Crippen LogP contribution in [0.15, 0.2) is 24.3 Å². The Balaban J connectivity index is 1.91. The molecule has 0 bridgehead atoms. The zero-order valence-corrected chi connectivity index (χ0v) is 9.59. The summed E-state index contributed by atoms with van der Waals surface area (Å²) in [5, 5.41) is 1.80. The molecular formula is C12H16N2O3. The Kier molecular flexibility index (Phi) is 3.95. The molecule has 5 nitrogen and oxygen atoms in total. The monoisotopic (exact) mass is 236 g/mol. The third-order valence-electron chi connectivity index (χ3n) is 2.70. The predicted molar refractivity (Wildman–Crippen MR) is 62.0 cm³/mol. The average Bonchev–Trinajstić information content (AvgIpc) is 2.50. The Labute approximate surface area is 100 Å². The third-order valence-corrected chi connectivity index (χ3v) is 2.70. The number of hydrogen-bond acceptors (Lipinski definition) is 4. The van der Waals surface area contributed by atoms with E-state index < -0.39 is 6.09 Å². The maximum absolute atomic E-state index is 10.4. The highest BCUT2D eigenvalue weighted by Gasteiger charge is 2.14. The molecule has 17 heavy (non-hydrogen) atoms. The number of nitrogens with two attached hydrogens (primary N) is 1. The van der Waals surface area contributed by atoms with E-state index in [0.717, 1.165) is 6.42 Å². The fourth-order valence-electron chi connectivity index (χ4n) is 1.87. The van der Waals surface area contributed by atoms with Crippen LogP contribution in [-0.2, 0) is 22.5 Å². The first-order chi connectivity index (χ1) is 8.25. The summed E-state index contributed by atoms with van der Waals surface area (Å²) in [7, 11) is 0. The normalized spacial score (nSPS) is 16.0. The molecule has 2 rings (SSSR count). The molecule has 0 aromatic heterocycles. The summed E-state index contributed by atoms with van der Waals surface area (Å²) < 4.78 is 4.69. The van der Waals surface area contributed by atoms with Crippen molar-refractivity contribution >= 4 is 6.09 Å². The molecule has 1 aliphatic rings. The summed E-state index contributed by atoms with van der Waals surface area (Å²) in [5.41, 5.74) is 7.46. The maximum atomic E-state index is 10.4. The molecule has 1 aromatic rings. The van der Waals surface area contributed by atoms with Crippen molar-refractivity contribution in [1.82, 2.24) is 5.06 Å². The van der Waals surface area contributed by atoms with Crippen LogP contribution in [0.3, 0.4) is 0 Å². The summed E-state index contributed by atoms with van der Waals surface area (Å²) in [6, 6.07) is 8.25. The number of amides is 1. The van der Waals surface area contributed by atoms with Crippen LogP contribution in [0, 0.1) is 0 Å². The van der Waals surface area contributed by atoms with Crippen LogP contribution >= 0.6 is 0 Å². The first kappa shape index (κ1) is 11.9. The molecule has 2 N–H and O–H groups in total. The minimum atomic E-state index is -0.750. The summed E-state index contributed by atoms with van der Waals surface area (Å²) in [4.78, 5) is 16.0. The highest BCUT2D eigenvalue weighted by Crippen LogP contribution is 2.16. The highest BCUT2D eigenvalue weighted by molar-refractivity contribution is 5.64. The molecule has 92 valence electrons. The Morgan fingerprint density at radius 2 is 2.18 bits per heavy atom. The lowest BCUT2D eigenvalue weighted by Gasteiger charge is -2.19. The van der Waals surface area contributed by atoms with Crippen molar-refractivity contribution in [1.29, 1.82) is 0 Å². The number of primary amides is 1. The van der Waals surface area contributed by atoms with Crippen molar-refractivity contribution in [2.45, 2.75) is 13.0 Å². The van der Waals surface area contributed by atoms with Crippen LogP contribution in [0.2, 0.25) is 0 Å². The topological polar surface area (TPSA) is 64.8 Å². The smallest absolute Gasteiger partial charge is 0.404 e. The number of hydroxylamine groups is 2. The second kappa shape index (κ2) is 5.65. The van der Waals surface area contributed by atoms with E-state index in [9.17, 15) is 4.79 Å². The van der Waals surface area contributed by atoms with Gasteiger partial charge in [0.05, 0.1) is 13.2 Å². The number of rotatable bonds is 3. The zero-order chi connectivity index (χ0) is 12.1. The van der Waals surface area contributed by atoms with E-state index in [1.165, 1.54) is 11.1 Å². The predicted octanol–water partition coefficient (Wildman–Crippen LogP) is 1.07. The van der Waals surface area contributed by atoms with E-state index in [0.29, 0.717) is 19.7 Å². The lowest BCUT2D eigenvalue weighted by Crippen LogP contribution is -2.28. The van der Waals surface area contributed by atoms with Crippen molar-refractivity contribution in [3.05, 3.63) is 35.4 Å². The number of ether oxygens (including phenoxy) is 1. The standard InChI is InChI=1S/C12H16N2O3/c13-12(15)16-8-6-14-9-11-4-2-1-3-10(11)5-7-17-14/h1-4H,5-9H2,(H2,13,15). The fraction of sp³-hybridized carbons (Fsp3) is 0.417. The second-order valence-electron chi connectivity index (χ2n) is 3.88. The van der Waals surface area contributed by atoms with Gasteiger partial charge in [-0.15, -0.1) is 0 Å². The number of fused-ring (bicyclic) bond motifs is 1. The van der Waals surface area contributed by atoms with E-state index >= 15 is 0 Å². The molecular weight excluding hydrogens is 220 g/mol. The van der Waals surface area contributed by atoms with Gasteiger partial charge < -0.3 is 10.5 Å². The van der Waals surface area contributed by atoms with Crippen LogP contribution in [0.4, 0.5) is 4.79 Å². The van der Waals surface area contributed by atoms with Gasteiger partial charge in [-0.25, -0.2) is 4.79 Å². The molecule has 1 aromatic carbocycles. The third kappa shape index (κ3) is 3.44. The molecule has 0 fully saturated rings. The van der Waals surface area contributed by atoms with Gasteiger partial charge in [0.15, 0.2) is 0 Å². The van der Waals surface area contributed by atoms with Crippen LogP contribution in [0.1, 0.15) is 11.1 Å². The Bertz CT molecular complexity index is 395. The Hall–Kier alpha value is -1.59.